The van der Waals surface area contributed by atoms with Crippen LogP contribution in [0.2, 0.25) is 0 Å². The highest BCUT2D eigenvalue weighted by Crippen LogP contribution is 2.20. The van der Waals surface area contributed by atoms with Crippen LogP contribution in [0.15, 0.2) is 18.2 Å². The number of amides is 1. The Morgan fingerprint density at radius 2 is 2.06 bits per heavy atom. The van der Waals surface area contributed by atoms with E-state index in [-0.39, 0.29) is 17.8 Å². The second-order valence-electron chi connectivity index (χ2n) is 3.49. The lowest BCUT2D eigenvalue weighted by atomic mass is 10.1. The van der Waals surface area contributed by atoms with E-state index in [9.17, 15) is 13.6 Å². The van der Waals surface area contributed by atoms with Gasteiger partial charge in [0.05, 0.1) is 6.04 Å². The summed E-state index contributed by atoms with van der Waals surface area (Å²) in [6.45, 7) is 1.72. The Bertz CT molecular complexity index is 398. The van der Waals surface area contributed by atoms with E-state index in [1.165, 1.54) is 11.0 Å². The highest BCUT2D eigenvalue weighted by atomic mass is 35.5. The lowest BCUT2D eigenvalue weighted by molar-refractivity contribution is -0.129. The number of benzene rings is 1. The van der Waals surface area contributed by atoms with Crippen LogP contribution in [0.1, 0.15) is 18.5 Å². The number of hydrogen-bond donors (Lipinski definition) is 0. The summed E-state index contributed by atoms with van der Waals surface area (Å²) in [7, 11) is 1.57. The molecule has 0 spiro atoms. The third kappa shape index (κ3) is 2.70. The Morgan fingerprint density at radius 3 is 2.56 bits per heavy atom. The fourth-order valence-electron chi connectivity index (χ4n) is 1.31. The van der Waals surface area contributed by atoms with Crippen LogP contribution in [0.5, 0.6) is 0 Å². The molecule has 0 saturated heterocycles. The topological polar surface area (TPSA) is 20.3 Å². The number of rotatable bonds is 3. The Morgan fingerprint density at radius 1 is 1.44 bits per heavy atom. The molecule has 1 aromatic carbocycles. The molecule has 0 aliphatic rings. The van der Waals surface area contributed by atoms with Crippen LogP contribution < -0.4 is 0 Å². The molecule has 2 nitrogen and oxygen atoms in total. The van der Waals surface area contributed by atoms with E-state index in [4.69, 9.17) is 11.6 Å². The van der Waals surface area contributed by atoms with Crippen molar-refractivity contribution in [3.8, 4) is 0 Å². The Kier molecular flexibility index (Phi) is 4.24. The summed E-state index contributed by atoms with van der Waals surface area (Å²) in [5.74, 6) is -2.22. The molecule has 0 saturated carbocycles. The largest absolute Gasteiger partial charge is 0.338 e. The maximum Gasteiger partial charge on any atom is 0.237 e. The van der Waals surface area contributed by atoms with E-state index in [0.717, 1.165) is 12.1 Å². The van der Waals surface area contributed by atoms with E-state index in [1.807, 2.05) is 0 Å². The minimum absolute atomic E-state index is 0.134. The fraction of sp³-hybridized carbons (Fsp3) is 0.364. The summed E-state index contributed by atoms with van der Waals surface area (Å²) in [6, 6.07) is 3.22. The van der Waals surface area contributed by atoms with E-state index in [2.05, 4.69) is 0 Å². The predicted octanol–water partition coefficient (Wildman–Crippen LogP) is 2.72. The second kappa shape index (κ2) is 5.25. The van der Waals surface area contributed by atoms with E-state index >= 15 is 0 Å². The van der Waals surface area contributed by atoms with Crippen LogP contribution in [-0.2, 0) is 4.79 Å². The first-order valence-corrected chi connectivity index (χ1v) is 5.27. The van der Waals surface area contributed by atoms with Crippen molar-refractivity contribution in [1.29, 1.82) is 0 Å². The molecule has 0 aliphatic carbocycles. The fourth-order valence-corrected chi connectivity index (χ4v) is 1.49. The average molecular weight is 248 g/mol. The van der Waals surface area contributed by atoms with Crippen molar-refractivity contribution in [2.75, 3.05) is 12.9 Å². The van der Waals surface area contributed by atoms with Crippen LogP contribution in [0.3, 0.4) is 0 Å². The predicted molar refractivity (Wildman–Crippen MR) is 58.3 cm³/mol. The number of nitrogens with zero attached hydrogens (tertiary/aromatic N) is 1. The van der Waals surface area contributed by atoms with Crippen molar-refractivity contribution < 1.29 is 13.6 Å². The Balaban J connectivity index is 2.91. The zero-order valence-electron chi connectivity index (χ0n) is 9.01. The van der Waals surface area contributed by atoms with Gasteiger partial charge in [-0.25, -0.2) is 8.78 Å². The lowest BCUT2D eigenvalue weighted by Gasteiger charge is -2.24. The van der Waals surface area contributed by atoms with Gasteiger partial charge >= 0.3 is 0 Å². The first-order valence-electron chi connectivity index (χ1n) is 4.74. The van der Waals surface area contributed by atoms with Crippen LogP contribution in [-0.4, -0.2) is 23.7 Å². The van der Waals surface area contributed by atoms with Gasteiger partial charge in [0.2, 0.25) is 5.91 Å². The third-order valence-electron chi connectivity index (χ3n) is 2.51. The monoisotopic (exact) mass is 247 g/mol. The molecule has 1 atom stereocenters. The lowest BCUT2D eigenvalue weighted by Crippen LogP contribution is -2.30. The number of hydrogen-bond acceptors (Lipinski definition) is 1. The maximum absolute atomic E-state index is 13.0. The first-order chi connectivity index (χ1) is 7.47. The smallest absolute Gasteiger partial charge is 0.237 e. The zero-order valence-corrected chi connectivity index (χ0v) is 9.76. The SMILES string of the molecule is CC(c1ccc(F)c(F)c1)N(C)C(=O)CCl. The van der Waals surface area contributed by atoms with Gasteiger partial charge < -0.3 is 4.90 Å². The molecule has 0 aromatic heterocycles. The molecule has 1 rings (SSSR count). The molecule has 1 unspecified atom stereocenters. The highest BCUT2D eigenvalue weighted by Gasteiger charge is 2.17. The Hall–Kier alpha value is -1.16. The van der Waals surface area contributed by atoms with Crippen molar-refractivity contribution in [1.82, 2.24) is 4.90 Å². The standard InChI is InChI=1S/C11H12ClF2NO/c1-7(15(2)11(16)6-12)8-3-4-9(13)10(14)5-8/h3-5,7H,6H2,1-2H3. The van der Waals surface area contributed by atoms with E-state index < -0.39 is 11.6 Å². The third-order valence-corrected chi connectivity index (χ3v) is 2.74. The summed E-state index contributed by atoms with van der Waals surface area (Å²) < 4.78 is 25.7. The number of halogens is 3. The van der Waals surface area contributed by atoms with Crippen LogP contribution in [0.4, 0.5) is 8.78 Å². The second-order valence-corrected chi connectivity index (χ2v) is 3.76. The molecule has 5 heteroatoms. The Labute approximate surface area is 97.8 Å². The van der Waals surface area contributed by atoms with Gasteiger partial charge in [-0.05, 0) is 24.6 Å². The van der Waals surface area contributed by atoms with Crippen molar-refractivity contribution in [2.24, 2.45) is 0 Å². The molecular weight excluding hydrogens is 236 g/mol. The molecular formula is C11H12ClF2NO. The molecule has 16 heavy (non-hydrogen) atoms. The molecule has 0 fully saturated rings. The zero-order chi connectivity index (χ0) is 12.3. The normalized spacial score (nSPS) is 12.3. The van der Waals surface area contributed by atoms with Crippen molar-refractivity contribution >= 4 is 17.5 Å². The summed E-state index contributed by atoms with van der Waals surface area (Å²) in [5, 5.41) is 0. The maximum atomic E-state index is 13.0. The molecule has 0 bridgehead atoms. The van der Waals surface area contributed by atoms with Gasteiger partial charge in [0.15, 0.2) is 11.6 Å². The van der Waals surface area contributed by atoms with Gasteiger partial charge in [-0.15, -0.1) is 11.6 Å². The molecule has 0 aliphatic heterocycles. The minimum atomic E-state index is -0.920. The number of carbonyl (C=O) groups excluding carboxylic acids is 1. The van der Waals surface area contributed by atoms with Gasteiger partial charge in [0.25, 0.3) is 0 Å². The number of carbonyl (C=O) groups is 1. The van der Waals surface area contributed by atoms with Crippen molar-refractivity contribution in [3.63, 3.8) is 0 Å². The van der Waals surface area contributed by atoms with E-state index in [1.54, 1.807) is 14.0 Å². The van der Waals surface area contributed by atoms with Gasteiger partial charge in [-0.2, -0.15) is 0 Å². The summed E-state index contributed by atoms with van der Waals surface area (Å²) in [6.07, 6.45) is 0. The van der Waals surface area contributed by atoms with Crippen LogP contribution >= 0.6 is 11.6 Å². The molecule has 0 heterocycles. The van der Waals surface area contributed by atoms with Crippen molar-refractivity contribution in [3.05, 3.63) is 35.4 Å². The number of alkyl halides is 1. The summed E-state index contributed by atoms with van der Waals surface area (Å²) in [5.41, 5.74) is 0.528. The summed E-state index contributed by atoms with van der Waals surface area (Å²) in [4.78, 5) is 12.7. The van der Waals surface area contributed by atoms with Crippen LogP contribution in [0, 0.1) is 11.6 Å². The highest BCUT2D eigenvalue weighted by molar-refractivity contribution is 6.27. The molecule has 1 amide bonds. The molecule has 0 radical (unpaired) electrons. The van der Waals surface area contributed by atoms with Gasteiger partial charge in [0.1, 0.15) is 5.88 Å². The average Bonchev–Trinajstić information content (AvgIpc) is 2.29. The van der Waals surface area contributed by atoms with Gasteiger partial charge in [-0.1, -0.05) is 6.07 Å². The molecule has 0 N–H and O–H groups in total. The summed E-state index contributed by atoms with van der Waals surface area (Å²) >= 11 is 5.41. The molecule has 1 aromatic rings. The first kappa shape index (κ1) is 12.9. The van der Waals surface area contributed by atoms with Gasteiger partial charge in [0, 0.05) is 7.05 Å². The van der Waals surface area contributed by atoms with Crippen LogP contribution in [0.25, 0.3) is 0 Å². The van der Waals surface area contributed by atoms with E-state index in [0.29, 0.717) is 5.56 Å². The molecule has 88 valence electrons. The minimum Gasteiger partial charge on any atom is -0.338 e. The van der Waals surface area contributed by atoms with Crippen molar-refractivity contribution in [2.45, 2.75) is 13.0 Å². The quantitative estimate of drug-likeness (QED) is 0.752. The van der Waals surface area contributed by atoms with Gasteiger partial charge in [-0.3, -0.25) is 4.79 Å².